The number of methoxy groups -OCH3 is 1. The smallest absolute Gasteiger partial charge is 0.256 e. The summed E-state index contributed by atoms with van der Waals surface area (Å²) in [4.78, 5) is 12.4. The van der Waals surface area contributed by atoms with Crippen LogP contribution >= 0.6 is 47.8 Å². The predicted molar refractivity (Wildman–Crippen MR) is 94.9 cm³/mol. The molecular formula is C14H11Br3N2O2. The summed E-state index contributed by atoms with van der Waals surface area (Å²) in [5, 5.41) is 2.82. The maximum absolute atomic E-state index is 12.4. The summed E-state index contributed by atoms with van der Waals surface area (Å²) in [6.45, 7) is 0. The van der Waals surface area contributed by atoms with Crippen molar-refractivity contribution >= 4 is 65.1 Å². The van der Waals surface area contributed by atoms with E-state index in [0.29, 0.717) is 27.2 Å². The molecule has 0 heterocycles. The Morgan fingerprint density at radius 1 is 1.19 bits per heavy atom. The molecule has 2 aromatic rings. The highest BCUT2D eigenvalue weighted by molar-refractivity contribution is 9.11. The molecule has 0 aliphatic heterocycles. The maximum atomic E-state index is 12.4. The number of amides is 1. The number of nitrogens with one attached hydrogen (secondary N) is 1. The minimum Gasteiger partial charge on any atom is -0.495 e. The van der Waals surface area contributed by atoms with E-state index in [1.807, 2.05) is 6.07 Å². The lowest BCUT2D eigenvalue weighted by Gasteiger charge is -2.12. The molecule has 0 fully saturated rings. The zero-order valence-electron chi connectivity index (χ0n) is 10.9. The summed E-state index contributed by atoms with van der Waals surface area (Å²) < 4.78 is 7.33. The third-order valence-electron chi connectivity index (χ3n) is 2.76. The lowest BCUT2D eigenvalue weighted by atomic mass is 10.2. The molecule has 0 radical (unpaired) electrons. The van der Waals surface area contributed by atoms with Crippen LogP contribution in [-0.4, -0.2) is 13.0 Å². The zero-order chi connectivity index (χ0) is 15.6. The van der Waals surface area contributed by atoms with E-state index in [0.717, 1.165) is 8.95 Å². The molecule has 0 aliphatic rings. The molecule has 3 N–H and O–H groups in total. The molecule has 1 amide bonds. The number of hydrogen-bond donors (Lipinski definition) is 2. The molecule has 0 atom stereocenters. The Hall–Kier alpha value is -1.05. The Bertz CT molecular complexity index is 705. The second kappa shape index (κ2) is 6.81. The van der Waals surface area contributed by atoms with Crippen LogP contribution in [0, 0.1) is 0 Å². The highest BCUT2D eigenvalue weighted by atomic mass is 79.9. The fourth-order valence-electron chi connectivity index (χ4n) is 1.70. The molecule has 2 aromatic carbocycles. The Kier molecular flexibility index (Phi) is 5.29. The van der Waals surface area contributed by atoms with E-state index in [1.165, 1.54) is 0 Å². The number of ether oxygens (including phenoxy) is 1. The Labute approximate surface area is 147 Å². The first kappa shape index (κ1) is 16.3. The van der Waals surface area contributed by atoms with Crippen LogP contribution in [0.4, 0.5) is 11.4 Å². The lowest BCUT2D eigenvalue weighted by Crippen LogP contribution is -2.13. The van der Waals surface area contributed by atoms with Gasteiger partial charge in [-0.3, -0.25) is 4.79 Å². The molecule has 0 bridgehead atoms. The molecule has 0 unspecified atom stereocenters. The van der Waals surface area contributed by atoms with Gasteiger partial charge < -0.3 is 15.8 Å². The Morgan fingerprint density at radius 3 is 2.57 bits per heavy atom. The molecule has 21 heavy (non-hydrogen) atoms. The SMILES string of the molecule is COc1cc(NC(=O)c2cccc(N)c2Br)c(Br)cc1Br. The molecule has 0 aliphatic carbocycles. The van der Waals surface area contributed by atoms with Crippen LogP contribution in [0.25, 0.3) is 0 Å². The average molecular weight is 479 g/mol. The molecule has 0 spiro atoms. The number of hydrogen-bond acceptors (Lipinski definition) is 3. The number of carbonyl (C=O) groups excluding carboxylic acids is 1. The first-order chi connectivity index (χ1) is 9.93. The zero-order valence-corrected chi connectivity index (χ0v) is 15.7. The number of benzene rings is 2. The quantitative estimate of drug-likeness (QED) is 0.622. The van der Waals surface area contributed by atoms with Gasteiger partial charge in [-0.15, -0.1) is 0 Å². The van der Waals surface area contributed by atoms with Crippen LogP contribution in [0.5, 0.6) is 5.75 Å². The molecule has 0 aromatic heterocycles. The third kappa shape index (κ3) is 3.59. The van der Waals surface area contributed by atoms with Gasteiger partial charge in [-0.25, -0.2) is 0 Å². The third-order valence-corrected chi connectivity index (χ3v) is 4.92. The van der Waals surface area contributed by atoms with Crippen molar-refractivity contribution in [3.8, 4) is 5.75 Å². The highest BCUT2D eigenvalue weighted by Gasteiger charge is 2.15. The van der Waals surface area contributed by atoms with Crippen LogP contribution in [0.15, 0.2) is 43.7 Å². The number of carbonyl (C=O) groups is 1. The first-order valence-electron chi connectivity index (χ1n) is 5.82. The van der Waals surface area contributed by atoms with E-state index >= 15 is 0 Å². The highest BCUT2D eigenvalue weighted by Crippen LogP contribution is 2.35. The van der Waals surface area contributed by atoms with Crippen molar-refractivity contribution in [3.63, 3.8) is 0 Å². The number of rotatable bonds is 3. The Balaban J connectivity index is 2.34. The monoisotopic (exact) mass is 476 g/mol. The average Bonchev–Trinajstić information content (AvgIpc) is 2.44. The van der Waals surface area contributed by atoms with Crippen LogP contribution in [0.2, 0.25) is 0 Å². The molecule has 4 nitrogen and oxygen atoms in total. The van der Waals surface area contributed by atoms with Crippen molar-refractivity contribution in [1.29, 1.82) is 0 Å². The summed E-state index contributed by atoms with van der Waals surface area (Å²) >= 11 is 10.1. The van der Waals surface area contributed by atoms with E-state index in [-0.39, 0.29) is 5.91 Å². The fraction of sp³-hybridized carbons (Fsp3) is 0.0714. The molecule has 0 saturated heterocycles. The largest absolute Gasteiger partial charge is 0.495 e. The topological polar surface area (TPSA) is 64.3 Å². The maximum Gasteiger partial charge on any atom is 0.256 e. The normalized spacial score (nSPS) is 10.3. The van der Waals surface area contributed by atoms with Crippen LogP contribution in [0.1, 0.15) is 10.4 Å². The summed E-state index contributed by atoms with van der Waals surface area (Å²) in [5.41, 5.74) is 7.36. The molecule has 2 rings (SSSR count). The van der Waals surface area contributed by atoms with Gasteiger partial charge in [0.05, 0.1) is 27.3 Å². The van der Waals surface area contributed by atoms with E-state index in [9.17, 15) is 4.79 Å². The molecule has 0 saturated carbocycles. The van der Waals surface area contributed by atoms with Gasteiger partial charge in [0.1, 0.15) is 5.75 Å². The van der Waals surface area contributed by atoms with Crippen LogP contribution in [0.3, 0.4) is 0 Å². The summed E-state index contributed by atoms with van der Waals surface area (Å²) in [6, 6.07) is 8.68. The van der Waals surface area contributed by atoms with Gasteiger partial charge in [0.2, 0.25) is 0 Å². The summed E-state index contributed by atoms with van der Waals surface area (Å²) in [6.07, 6.45) is 0. The summed E-state index contributed by atoms with van der Waals surface area (Å²) in [7, 11) is 1.56. The number of anilines is 2. The van der Waals surface area contributed by atoms with Gasteiger partial charge in [0.15, 0.2) is 0 Å². The summed E-state index contributed by atoms with van der Waals surface area (Å²) in [5.74, 6) is 0.361. The van der Waals surface area contributed by atoms with Crippen molar-refractivity contribution in [2.24, 2.45) is 0 Å². The van der Waals surface area contributed by atoms with Gasteiger partial charge in [-0.2, -0.15) is 0 Å². The number of nitrogens with two attached hydrogens (primary N) is 1. The minimum absolute atomic E-state index is 0.265. The van der Waals surface area contributed by atoms with Crippen LogP contribution < -0.4 is 15.8 Å². The van der Waals surface area contributed by atoms with Gasteiger partial charge in [-0.1, -0.05) is 6.07 Å². The minimum atomic E-state index is -0.265. The number of halogens is 3. The standard InChI is InChI=1S/C14H11Br3N2O2/c1-21-12-6-11(8(15)5-9(12)16)19-14(20)7-3-2-4-10(18)13(7)17/h2-6H,18H2,1H3,(H,19,20). The molecular weight excluding hydrogens is 468 g/mol. The second-order valence-electron chi connectivity index (χ2n) is 4.13. The van der Waals surface area contributed by atoms with E-state index in [2.05, 4.69) is 53.1 Å². The van der Waals surface area contributed by atoms with Gasteiger partial charge in [0, 0.05) is 16.2 Å². The van der Waals surface area contributed by atoms with Crippen molar-refractivity contribution < 1.29 is 9.53 Å². The van der Waals surface area contributed by atoms with Gasteiger partial charge >= 0.3 is 0 Å². The first-order valence-corrected chi connectivity index (χ1v) is 8.20. The fourth-order valence-corrected chi connectivity index (χ4v) is 3.40. The van der Waals surface area contributed by atoms with Crippen LogP contribution in [-0.2, 0) is 0 Å². The van der Waals surface area contributed by atoms with E-state index in [4.69, 9.17) is 10.5 Å². The van der Waals surface area contributed by atoms with Crippen molar-refractivity contribution in [2.75, 3.05) is 18.2 Å². The molecule has 7 heteroatoms. The van der Waals surface area contributed by atoms with E-state index < -0.39 is 0 Å². The number of nitrogen functional groups attached to an aromatic ring is 1. The Morgan fingerprint density at radius 2 is 1.90 bits per heavy atom. The predicted octanol–water partition coefficient (Wildman–Crippen LogP) is 4.82. The van der Waals surface area contributed by atoms with Crippen molar-refractivity contribution in [1.82, 2.24) is 0 Å². The van der Waals surface area contributed by atoms with Gasteiger partial charge in [-0.05, 0) is 66.0 Å². The van der Waals surface area contributed by atoms with Crippen molar-refractivity contribution in [2.45, 2.75) is 0 Å². The van der Waals surface area contributed by atoms with Gasteiger partial charge in [0.25, 0.3) is 5.91 Å². The van der Waals surface area contributed by atoms with Crippen molar-refractivity contribution in [3.05, 3.63) is 49.3 Å². The second-order valence-corrected chi connectivity index (χ2v) is 6.63. The lowest BCUT2D eigenvalue weighted by molar-refractivity contribution is 0.102. The van der Waals surface area contributed by atoms with E-state index in [1.54, 1.807) is 31.4 Å². The molecule has 110 valence electrons.